The number of nitrogens with one attached hydrogen (secondary N) is 1. The van der Waals surface area contributed by atoms with Gasteiger partial charge in [0.2, 0.25) is 0 Å². The third-order valence-electron chi connectivity index (χ3n) is 1.54. The molecule has 0 aliphatic rings. The van der Waals surface area contributed by atoms with Crippen LogP contribution in [0.3, 0.4) is 0 Å². The maximum Gasteiger partial charge on any atom is 0.317 e. The van der Waals surface area contributed by atoms with Crippen LogP contribution in [0.4, 0.5) is 0 Å². The highest BCUT2D eigenvalue weighted by Gasteiger charge is 2.01. The van der Waals surface area contributed by atoms with Crippen molar-refractivity contribution in [1.29, 1.82) is 5.41 Å². The quantitative estimate of drug-likeness (QED) is 0.723. The maximum atomic E-state index is 7.08. The Morgan fingerprint density at radius 1 is 1.50 bits per heavy atom. The summed E-state index contributed by atoms with van der Waals surface area (Å²) in [7, 11) is 0. The lowest BCUT2D eigenvalue weighted by molar-refractivity contribution is 0.292. The van der Waals surface area contributed by atoms with E-state index in [-0.39, 0.29) is 0 Å². The average Bonchev–Trinajstić information content (AvgIpc) is 2.25. The van der Waals surface area contributed by atoms with Crippen LogP contribution < -0.4 is 4.74 Å². The van der Waals surface area contributed by atoms with E-state index in [1.165, 1.54) is 0 Å². The SMILES string of the molecule is C=Cc1cc(C=N)nc(OCCC)n1. The van der Waals surface area contributed by atoms with Crippen molar-refractivity contribution < 1.29 is 4.74 Å². The molecule has 0 fully saturated rings. The molecule has 0 aliphatic heterocycles. The summed E-state index contributed by atoms with van der Waals surface area (Å²) in [6, 6.07) is 1.99. The van der Waals surface area contributed by atoms with Crippen LogP contribution in [0, 0.1) is 5.41 Å². The molecule has 14 heavy (non-hydrogen) atoms. The lowest BCUT2D eigenvalue weighted by Gasteiger charge is -2.03. The summed E-state index contributed by atoms with van der Waals surface area (Å²) in [6.07, 6.45) is 3.67. The lowest BCUT2D eigenvalue weighted by Crippen LogP contribution is -2.02. The minimum absolute atomic E-state index is 0.308. The Kier molecular flexibility index (Phi) is 3.79. The van der Waals surface area contributed by atoms with E-state index in [2.05, 4.69) is 16.5 Å². The zero-order valence-corrected chi connectivity index (χ0v) is 8.16. The number of ether oxygens (including phenoxy) is 1. The van der Waals surface area contributed by atoms with Crippen molar-refractivity contribution in [2.75, 3.05) is 6.61 Å². The molecule has 0 unspecified atom stereocenters. The first-order valence-corrected chi connectivity index (χ1v) is 4.45. The van der Waals surface area contributed by atoms with Crippen molar-refractivity contribution in [3.05, 3.63) is 24.0 Å². The molecule has 1 N–H and O–H groups in total. The molecule has 0 amide bonds. The first-order valence-electron chi connectivity index (χ1n) is 4.45. The van der Waals surface area contributed by atoms with Gasteiger partial charge in [-0.3, -0.25) is 0 Å². The van der Waals surface area contributed by atoms with Crippen LogP contribution in [-0.2, 0) is 0 Å². The Bertz CT molecular complexity index is 310. The Labute approximate surface area is 83.2 Å². The molecule has 0 saturated carbocycles. The number of aromatic nitrogens is 2. The van der Waals surface area contributed by atoms with E-state index in [4.69, 9.17) is 10.1 Å². The molecule has 1 heterocycles. The van der Waals surface area contributed by atoms with Crippen LogP contribution in [0.25, 0.3) is 6.08 Å². The van der Waals surface area contributed by atoms with E-state index in [0.29, 0.717) is 24.0 Å². The molecule has 0 atom stereocenters. The Balaban J connectivity index is 2.92. The van der Waals surface area contributed by atoms with Crippen LogP contribution in [0.5, 0.6) is 6.01 Å². The summed E-state index contributed by atoms with van der Waals surface area (Å²) < 4.78 is 5.27. The normalized spacial score (nSPS) is 9.50. The molecule has 1 aromatic heterocycles. The Morgan fingerprint density at radius 2 is 2.21 bits per heavy atom. The summed E-state index contributed by atoms with van der Waals surface area (Å²) in [6.45, 7) is 6.20. The monoisotopic (exact) mass is 191 g/mol. The van der Waals surface area contributed by atoms with Crippen LogP contribution >= 0.6 is 0 Å². The number of hydrogen-bond acceptors (Lipinski definition) is 4. The van der Waals surface area contributed by atoms with Crippen molar-refractivity contribution in [2.45, 2.75) is 13.3 Å². The highest BCUT2D eigenvalue weighted by atomic mass is 16.5. The maximum absolute atomic E-state index is 7.08. The molecule has 0 spiro atoms. The molecular weight excluding hydrogens is 178 g/mol. The van der Waals surface area contributed by atoms with Crippen molar-refractivity contribution in [3.8, 4) is 6.01 Å². The van der Waals surface area contributed by atoms with Gasteiger partial charge < -0.3 is 10.1 Å². The van der Waals surface area contributed by atoms with Crippen LogP contribution in [0.1, 0.15) is 24.7 Å². The van der Waals surface area contributed by atoms with Crippen molar-refractivity contribution in [2.24, 2.45) is 0 Å². The average molecular weight is 191 g/mol. The van der Waals surface area contributed by atoms with Gasteiger partial charge in [-0.15, -0.1) is 0 Å². The standard InChI is InChI=1S/C10H13N3O/c1-3-5-14-10-12-8(4-2)6-9(7-11)13-10/h4,6-7,11H,2-3,5H2,1H3. The van der Waals surface area contributed by atoms with E-state index in [1.807, 2.05) is 6.92 Å². The number of nitrogens with zero attached hydrogens (tertiary/aromatic N) is 2. The minimum Gasteiger partial charge on any atom is -0.463 e. The summed E-state index contributed by atoms with van der Waals surface area (Å²) in [5, 5.41) is 7.08. The Hall–Kier alpha value is -1.71. The fourth-order valence-corrected chi connectivity index (χ4v) is 0.898. The molecule has 0 saturated heterocycles. The highest BCUT2D eigenvalue weighted by Crippen LogP contribution is 2.07. The second-order valence-electron chi connectivity index (χ2n) is 2.70. The van der Waals surface area contributed by atoms with Gasteiger partial charge in [-0.25, -0.2) is 0 Å². The van der Waals surface area contributed by atoms with Gasteiger partial charge in [0.05, 0.1) is 18.0 Å². The zero-order valence-electron chi connectivity index (χ0n) is 8.16. The first kappa shape index (κ1) is 10.4. The molecular formula is C10H13N3O. The zero-order chi connectivity index (χ0) is 10.4. The number of rotatable bonds is 5. The highest BCUT2D eigenvalue weighted by molar-refractivity contribution is 5.75. The molecule has 4 heteroatoms. The van der Waals surface area contributed by atoms with Gasteiger partial charge in [-0.05, 0) is 18.6 Å². The van der Waals surface area contributed by atoms with Gasteiger partial charge in [0, 0.05) is 6.21 Å². The smallest absolute Gasteiger partial charge is 0.317 e. The fraction of sp³-hybridized carbons (Fsp3) is 0.300. The van der Waals surface area contributed by atoms with Gasteiger partial charge in [0.1, 0.15) is 0 Å². The summed E-state index contributed by atoms with van der Waals surface area (Å²) in [5.74, 6) is 0. The molecule has 1 aromatic rings. The van der Waals surface area contributed by atoms with Crippen LogP contribution in [0.15, 0.2) is 12.6 Å². The molecule has 0 bridgehead atoms. The van der Waals surface area contributed by atoms with E-state index in [0.717, 1.165) is 12.6 Å². The van der Waals surface area contributed by atoms with Gasteiger partial charge >= 0.3 is 6.01 Å². The van der Waals surface area contributed by atoms with E-state index < -0.39 is 0 Å². The molecule has 0 aromatic carbocycles. The van der Waals surface area contributed by atoms with E-state index in [9.17, 15) is 0 Å². The predicted molar refractivity (Wildman–Crippen MR) is 55.8 cm³/mol. The summed E-state index contributed by atoms with van der Waals surface area (Å²) in [5.41, 5.74) is 1.20. The minimum atomic E-state index is 0.308. The van der Waals surface area contributed by atoms with Gasteiger partial charge in [-0.1, -0.05) is 13.5 Å². The van der Waals surface area contributed by atoms with Crippen molar-refractivity contribution >= 4 is 12.3 Å². The second kappa shape index (κ2) is 5.11. The fourth-order valence-electron chi connectivity index (χ4n) is 0.898. The van der Waals surface area contributed by atoms with Gasteiger partial charge in [-0.2, -0.15) is 9.97 Å². The topological polar surface area (TPSA) is 58.9 Å². The second-order valence-corrected chi connectivity index (χ2v) is 2.70. The molecule has 0 radical (unpaired) electrons. The molecule has 1 rings (SSSR count). The molecule has 4 nitrogen and oxygen atoms in total. The summed E-state index contributed by atoms with van der Waals surface area (Å²) >= 11 is 0. The van der Waals surface area contributed by atoms with Crippen LogP contribution in [0.2, 0.25) is 0 Å². The van der Waals surface area contributed by atoms with Crippen molar-refractivity contribution in [1.82, 2.24) is 9.97 Å². The largest absolute Gasteiger partial charge is 0.463 e. The first-order chi connectivity index (χ1) is 6.80. The molecule has 0 aliphatic carbocycles. The van der Waals surface area contributed by atoms with Gasteiger partial charge in [0.25, 0.3) is 0 Å². The third-order valence-corrected chi connectivity index (χ3v) is 1.54. The summed E-state index contributed by atoms with van der Waals surface area (Å²) in [4.78, 5) is 8.10. The van der Waals surface area contributed by atoms with E-state index >= 15 is 0 Å². The van der Waals surface area contributed by atoms with Crippen molar-refractivity contribution in [3.63, 3.8) is 0 Å². The van der Waals surface area contributed by atoms with E-state index in [1.54, 1.807) is 12.1 Å². The number of hydrogen-bond donors (Lipinski definition) is 1. The lowest BCUT2D eigenvalue weighted by atomic mass is 10.3. The molecule has 74 valence electrons. The Morgan fingerprint density at radius 3 is 2.79 bits per heavy atom. The third kappa shape index (κ3) is 2.65. The predicted octanol–water partition coefficient (Wildman–Crippen LogP) is 1.91. The van der Waals surface area contributed by atoms with Gasteiger partial charge in [0.15, 0.2) is 0 Å². The van der Waals surface area contributed by atoms with Crippen LogP contribution in [-0.4, -0.2) is 22.8 Å².